The average molecular weight is 342 g/mol. The first kappa shape index (κ1) is 13.4. The van der Waals surface area contributed by atoms with Crippen molar-refractivity contribution in [1.82, 2.24) is 9.97 Å². The van der Waals surface area contributed by atoms with Crippen LogP contribution < -0.4 is 5.73 Å². The van der Waals surface area contributed by atoms with Gasteiger partial charge in [-0.05, 0) is 28.1 Å². The molecule has 0 fully saturated rings. The highest BCUT2D eigenvalue weighted by Gasteiger charge is 2.20. The minimum absolute atomic E-state index is 0.0103. The number of nitrogens with two attached hydrogens (primary N) is 1. The van der Waals surface area contributed by atoms with Crippen LogP contribution in [0.2, 0.25) is 0 Å². The zero-order valence-corrected chi connectivity index (χ0v) is 11.9. The fourth-order valence-corrected chi connectivity index (χ4v) is 2.57. The van der Waals surface area contributed by atoms with Crippen LogP contribution in [0.25, 0.3) is 11.4 Å². The summed E-state index contributed by atoms with van der Waals surface area (Å²) in [6.07, 6.45) is 0.621. The summed E-state index contributed by atoms with van der Waals surface area (Å²) in [7, 11) is 0. The van der Waals surface area contributed by atoms with Gasteiger partial charge in [0.2, 0.25) is 0 Å². The lowest BCUT2D eigenvalue weighted by atomic mass is 10.1. The molecule has 0 saturated carbocycles. The van der Waals surface area contributed by atoms with E-state index in [1.165, 1.54) is 6.07 Å². The number of nitrogen functional groups attached to an aromatic ring is 1. The van der Waals surface area contributed by atoms with Crippen LogP contribution in [0.1, 0.15) is 11.3 Å². The molecule has 2 N–H and O–H groups in total. The van der Waals surface area contributed by atoms with E-state index in [4.69, 9.17) is 10.5 Å². The summed E-state index contributed by atoms with van der Waals surface area (Å²) in [5.41, 5.74) is 7.80. The summed E-state index contributed by atoms with van der Waals surface area (Å²) in [6.45, 7) is 0.933. The number of anilines is 1. The molecule has 1 aliphatic heterocycles. The third-order valence-electron chi connectivity index (χ3n) is 3.13. The number of halogens is 3. The number of nitrogens with zero attached hydrogens (tertiary/aromatic N) is 2. The third kappa shape index (κ3) is 2.16. The second-order valence-corrected chi connectivity index (χ2v) is 5.18. The van der Waals surface area contributed by atoms with Crippen LogP contribution in [-0.2, 0) is 17.8 Å². The van der Waals surface area contributed by atoms with Gasteiger partial charge in [0.1, 0.15) is 5.82 Å². The van der Waals surface area contributed by atoms with Gasteiger partial charge in [0.05, 0.1) is 23.4 Å². The predicted molar refractivity (Wildman–Crippen MR) is 72.9 cm³/mol. The Labute approximate surface area is 122 Å². The van der Waals surface area contributed by atoms with Gasteiger partial charge in [0, 0.05) is 17.5 Å². The fourth-order valence-electron chi connectivity index (χ4n) is 2.08. The highest BCUT2D eigenvalue weighted by atomic mass is 79.9. The second kappa shape index (κ2) is 5.06. The first-order chi connectivity index (χ1) is 9.58. The smallest absolute Gasteiger partial charge is 0.173 e. The molecule has 2 aromatic rings. The Balaban J connectivity index is 2.16. The van der Waals surface area contributed by atoms with Gasteiger partial charge < -0.3 is 10.5 Å². The van der Waals surface area contributed by atoms with Gasteiger partial charge in [0.15, 0.2) is 17.5 Å². The Morgan fingerprint density at radius 1 is 1.25 bits per heavy atom. The molecule has 7 heteroatoms. The van der Waals surface area contributed by atoms with Crippen molar-refractivity contribution in [3.8, 4) is 11.4 Å². The van der Waals surface area contributed by atoms with Crippen molar-refractivity contribution in [3.63, 3.8) is 0 Å². The second-order valence-electron chi connectivity index (χ2n) is 4.38. The van der Waals surface area contributed by atoms with Crippen LogP contribution in [0.5, 0.6) is 0 Å². The summed E-state index contributed by atoms with van der Waals surface area (Å²) in [5, 5.41) is 0. The van der Waals surface area contributed by atoms with Crippen molar-refractivity contribution in [1.29, 1.82) is 0 Å². The van der Waals surface area contributed by atoms with E-state index in [0.717, 1.165) is 17.3 Å². The van der Waals surface area contributed by atoms with Crippen LogP contribution in [-0.4, -0.2) is 16.6 Å². The average Bonchev–Trinajstić information content (AvgIpc) is 2.45. The maximum absolute atomic E-state index is 13.6. The minimum Gasteiger partial charge on any atom is -0.383 e. The van der Waals surface area contributed by atoms with Gasteiger partial charge in [-0.2, -0.15) is 0 Å². The topological polar surface area (TPSA) is 61.0 Å². The molecule has 0 amide bonds. The molecular formula is C13H10BrF2N3O. The molecule has 0 unspecified atom stereocenters. The van der Waals surface area contributed by atoms with Crippen LogP contribution in [0.3, 0.4) is 0 Å². The van der Waals surface area contributed by atoms with Gasteiger partial charge in [-0.1, -0.05) is 0 Å². The normalized spacial score (nSPS) is 14.2. The lowest BCUT2D eigenvalue weighted by Gasteiger charge is -2.18. The fraction of sp³-hybridized carbons (Fsp3) is 0.231. The largest absolute Gasteiger partial charge is 0.383 e. The maximum atomic E-state index is 13.6. The van der Waals surface area contributed by atoms with Crippen molar-refractivity contribution >= 4 is 21.7 Å². The van der Waals surface area contributed by atoms with Crippen LogP contribution in [0.4, 0.5) is 14.6 Å². The van der Waals surface area contributed by atoms with Gasteiger partial charge in [-0.25, -0.2) is 18.7 Å². The summed E-state index contributed by atoms with van der Waals surface area (Å²) in [6, 6.07) is 2.46. The molecular weight excluding hydrogens is 332 g/mol. The Morgan fingerprint density at radius 3 is 2.85 bits per heavy atom. The SMILES string of the molecule is Nc1nc(-c2ccc(F)c(F)c2Br)nc2c1COCC2. The minimum atomic E-state index is -0.967. The van der Waals surface area contributed by atoms with E-state index in [1.807, 2.05) is 0 Å². The van der Waals surface area contributed by atoms with E-state index in [-0.39, 0.29) is 10.3 Å². The lowest BCUT2D eigenvalue weighted by Crippen LogP contribution is -2.16. The van der Waals surface area contributed by atoms with Crippen LogP contribution in [0.15, 0.2) is 16.6 Å². The predicted octanol–water partition coefficient (Wildman–Crippen LogP) is 2.84. The van der Waals surface area contributed by atoms with Crippen molar-refractivity contribution in [3.05, 3.63) is 39.5 Å². The molecule has 1 aromatic carbocycles. The molecule has 2 heterocycles. The first-order valence-electron chi connectivity index (χ1n) is 5.95. The molecule has 0 atom stereocenters. The van der Waals surface area contributed by atoms with E-state index < -0.39 is 11.6 Å². The van der Waals surface area contributed by atoms with Gasteiger partial charge in [0.25, 0.3) is 0 Å². The van der Waals surface area contributed by atoms with E-state index in [2.05, 4.69) is 25.9 Å². The van der Waals surface area contributed by atoms with Gasteiger partial charge >= 0.3 is 0 Å². The number of hydrogen-bond acceptors (Lipinski definition) is 4. The molecule has 104 valence electrons. The van der Waals surface area contributed by atoms with Gasteiger partial charge in [-0.15, -0.1) is 0 Å². The van der Waals surface area contributed by atoms with Crippen LogP contribution >= 0.6 is 15.9 Å². The maximum Gasteiger partial charge on any atom is 0.173 e. The number of ether oxygens (including phenoxy) is 1. The number of rotatable bonds is 1. The molecule has 0 aliphatic carbocycles. The molecule has 1 aliphatic rings. The highest BCUT2D eigenvalue weighted by molar-refractivity contribution is 9.10. The van der Waals surface area contributed by atoms with Crippen molar-refractivity contribution < 1.29 is 13.5 Å². The third-order valence-corrected chi connectivity index (χ3v) is 3.91. The Hall–Kier alpha value is -1.60. The number of aromatic nitrogens is 2. The summed E-state index contributed by atoms with van der Waals surface area (Å²) >= 11 is 3.03. The Kier molecular flexibility index (Phi) is 3.39. The van der Waals surface area contributed by atoms with E-state index in [9.17, 15) is 8.78 Å². The summed E-state index contributed by atoms with van der Waals surface area (Å²) in [4.78, 5) is 8.54. The van der Waals surface area contributed by atoms with E-state index >= 15 is 0 Å². The van der Waals surface area contributed by atoms with Crippen LogP contribution in [0, 0.1) is 11.6 Å². The standard InChI is InChI=1S/C13H10BrF2N3O/c14-10-6(1-2-8(15)11(10)16)13-18-9-3-4-20-5-7(9)12(17)19-13/h1-2H,3-5H2,(H2,17,18,19). The van der Waals surface area contributed by atoms with Gasteiger partial charge in [-0.3, -0.25) is 0 Å². The highest BCUT2D eigenvalue weighted by Crippen LogP contribution is 2.31. The number of benzene rings is 1. The Morgan fingerprint density at radius 2 is 2.05 bits per heavy atom. The molecule has 3 rings (SSSR count). The zero-order valence-electron chi connectivity index (χ0n) is 10.3. The summed E-state index contributed by atoms with van der Waals surface area (Å²) in [5.74, 6) is -1.32. The number of hydrogen-bond donors (Lipinski definition) is 1. The molecule has 1 aromatic heterocycles. The molecule has 0 saturated heterocycles. The quantitative estimate of drug-likeness (QED) is 0.810. The zero-order chi connectivity index (χ0) is 14.3. The van der Waals surface area contributed by atoms with Crippen molar-refractivity contribution in [2.45, 2.75) is 13.0 Å². The van der Waals surface area contributed by atoms with Crippen molar-refractivity contribution in [2.24, 2.45) is 0 Å². The molecule has 0 spiro atoms. The van der Waals surface area contributed by atoms with Crippen molar-refractivity contribution in [2.75, 3.05) is 12.3 Å². The van der Waals surface area contributed by atoms with E-state index in [1.54, 1.807) is 0 Å². The number of fused-ring (bicyclic) bond motifs is 1. The molecule has 0 bridgehead atoms. The Bertz CT molecular complexity index is 694. The lowest BCUT2D eigenvalue weighted by molar-refractivity contribution is 0.109. The summed E-state index contributed by atoms with van der Waals surface area (Å²) < 4.78 is 32.0. The molecule has 20 heavy (non-hydrogen) atoms. The first-order valence-corrected chi connectivity index (χ1v) is 6.74. The monoisotopic (exact) mass is 341 g/mol. The van der Waals surface area contributed by atoms with E-state index in [0.29, 0.717) is 31.0 Å². The molecule has 4 nitrogen and oxygen atoms in total. The molecule has 0 radical (unpaired) electrons.